The Bertz CT molecular complexity index is 966. The molecule has 1 amide bonds. The molecule has 0 aliphatic carbocycles. The molecule has 1 N–H and O–H groups in total. The van der Waals surface area contributed by atoms with Crippen molar-refractivity contribution in [2.75, 3.05) is 6.54 Å². The number of aliphatic carboxylic acids is 1. The van der Waals surface area contributed by atoms with Crippen molar-refractivity contribution in [3.63, 3.8) is 0 Å². The van der Waals surface area contributed by atoms with E-state index in [0.29, 0.717) is 33.9 Å². The van der Waals surface area contributed by atoms with Crippen molar-refractivity contribution in [2.24, 2.45) is 4.99 Å². The number of nitrogens with zero attached hydrogens (tertiary/aromatic N) is 3. The number of carboxylic acids is 1. The van der Waals surface area contributed by atoms with Gasteiger partial charge in [0.25, 0.3) is 5.91 Å². The van der Waals surface area contributed by atoms with Crippen LogP contribution in [-0.2, 0) is 9.59 Å². The molecule has 152 valence electrons. The highest BCUT2D eigenvalue weighted by atomic mass is 32.2. The minimum atomic E-state index is -0.992. The predicted octanol–water partition coefficient (Wildman–Crippen LogP) is 4.32. The summed E-state index contributed by atoms with van der Waals surface area (Å²) in [5.41, 5.74) is 1.72. The number of carboxylic acid groups (broad SMARTS) is 1. The maximum Gasteiger partial charge on any atom is 0.344 e. The van der Waals surface area contributed by atoms with Crippen molar-refractivity contribution in [2.45, 2.75) is 33.3 Å². The number of thiazole rings is 1. The topological polar surface area (TPSA) is 92.1 Å². The summed E-state index contributed by atoms with van der Waals surface area (Å²) in [6, 6.07) is 6.99. The highest BCUT2D eigenvalue weighted by molar-refractivity contribution is 8.18. The van der Waals surface area contributed by atoms with E-state index < -0.39 is 12.1 Å². The highest BCUT2D eigenvalue weighted by Gasteiger charge is 2.32. The number of ether oxygens (including phenoxy) is 1. The largest absolute Gasteiger partial charge is 0.479 e. The SMILES string of the molecule is CCC(Oc1ccc(/C=C2/S/C(=N/c3nc(C)cs3)N(CC)C2=O)cc1)C(=O)O. The first-order valence-electron chi connectivity index (χ1n) is 9.13. The van der Waals surface area contributed by atoms with Crippen LogP contribution in [0.2, 0.25) is 0 Å². The summed E-state index contributed by atoms with van der Waals surface area (Å²) in [7, 11) is 0. The minimum Gasteiger partial charge on any atom is -0.479 e. The molecule has 1 saturated heterocycles. The molecule has 7 nitrogen and oxygen atoms in total. The number of amidine groups is 1. The molecule has 1 aromatic carbocycles. The summed E-state index contributed by atoms with van der Waals surface area (Å²) in [4.78, 5) is 34.9. The van der Waals surface area contributed by atoms with Crippen LogP contribution < -0.4 is 4.74 Å². The third-order valence-corrected chi connectivity index (χ3v) is 5.96. The van der Waals surface area contributed by atoms with Crippen molar-refractivity contribution in [3.05, 3.63) is 45.8 Å². The Morgan fingerprint density at radius 2 is 2.07 bits per heavy atom. The molecule has 2 aromatic rings. The van der Waals surface area contributed by atoms with E-state index in [2.05, 4.69) is 9.98 Å². The monoisotopic (exact) mass is 431 g/mol. The van der Waals surface area contributed by atoms with Gasteiger partial charge in [0.2, 0.25) is 5.13 Å². The van der Waals surface area contributed by atoms with Crippen LogP contribution in [0.25, 0.3) is 6.08 Å². The average molecular weight is 432 g/mol. The lowest BCUT2D eigenvalue weighted by atomic mass is 10.2. The maximum absolute atomic E-state index is 12.7. The van der Waals surface area contributed by atoms with Crippen molar-refractivity contribution in [1.29, 1.82) is 0 Å². The van der Waals surface area contributed by atoms with E-state index >= 15 is 0 Å². The quantitative estimate of drug-likeness (QED) is 0.657. The third kappa shape index (κ3) is 5.04. The number of benzene rings is 1. The second-order valence-electron chi connectivity index (χ2n) is 6.25. The third-order valence-electron chi connectivity index (χ3n) is 4.10. The molecule has 0 radical (unpaired) electrons. The Balaban J connectivity index is 1.78. The summed E-state index contributed by atoms with van der Waals surface area (Å²) >= 11 is 2.76. The number of carbonyl (C=O) groups excluding carboxylic acids is 1. The van der Waals surface area contributed by atoms with Gasteiger partial charge in [-0.15, -0.1) is 11.3 Å². The molecule has 1 fully saturated rings. The second kappa shape index (κ2) is 9.23. The number of thioether (sulfide) groups is 1. The first kappa shape index (κ1) is 21.1. The molecule has 1 unspecified atom stereocenters. The lowest BCUT2D eigenvalue weighted by molar-refractivity contribution is -0.145. The van der Waals surface area contributed by atoms with E-state index in [9.17, 15) is 9.59 Å². The second-order valence-corrected chi connectivity index (χ2v) is 8.09. The standard InChI is InChI=1S/C20H21N3O4S2/c1-4-15(18(25)26)27-14-8-6-13(7-9-14)10-16-17(24)23(5-2)20(29-16)22-19-21-12(3)11-28-19/h6-11,15H,4-5H2,1-3H3,(H,25,26)/b16-10+,22-20+. The van der Waals surface area contributed by atoms with Crippen LogP contribution in [0, 0.1) is 6.92 Å². The molecule has 0 spiro atoms. The number of amides is 1. The predicted molar refractivity (Wildman–Crippen MR) is 116 cm³/mol. The van der Waals surface area contributed by atoms with E-state index in [4.69, 9.17) is 9.84 Å². The van der Waals surface area contributed by atoms with E-state index in [1.165, 1.54) is 23.1 Å². The first-order chi connectivity index (χ1) is 13.9. The van der Waals surface area contributed by atoms with Gasteiger partial charge in [-0.25, -0.2) is 9.78 Å². The van der Waals surface area contributed by atoms with Crippen LogP contribution in [0.5, 0.6) is 5.75 Å². The fourth-order valence-corrected chi connectivity index (χ4v) is 4.38. The van der Waals surface area contributed by atoms with Crippen LogP contribution in [0.1, 0.15) is 31.5 Å². The lowest BCUT2D eigenvalue weighted by Gasteiger charge is -2.13. The summed E-state index contributed by atoms with van der Waals surface area (Å²) in [5, 5.41) is 12.3. The molecule has 1 aliphatic heterocycles. The molecule has 9 heteroatoms. The lowest BCUT2D eigenvalue weighted by Crippen LogP contribution is -2.28. The zero-order valence-corrected chi connectivity index (χ0v) is 17.9. The van der Waals surface area contributed by atoms with Crippen LogP contribution >= 0.6 is 23.1 Å². The Hall–Kier alpha value is -2.65. The number of hydrogen-bond acceptors (Lipinski definition) is 7. The Kier molecular flexibility index (Phi) is 6.71. The van der Waals surface area contributed by atoms with Crippen LogP contribution in [0.15, 0.2) is 39.5 Å². The number of carbonyl (C=O) groups is 2. The van der Waals surface area contributed by atoms with Gasteiger partial charge in [-0.05, 0) is 55.8 Å². The van der Waals surface area contributed by atoms with E-state index in [1.54, 1.807) is 42.2 Å². The molecule has 0 saturated carbocycles. The van der Waals surface area contributed by atoms with Crippen LogP contribution in [0.3, 0.4) is 0 Å². The van der Waals surface area contributed by atoms with Crippen molar-refractivity contribution in [1.82, 2.24) is 9.88 Å². The van der Waals surface area contributed by atoms with Gasteiger partial charge in [-0.1, -0.05) is 19.1 Å². The Morgan fingerprint density at radius 3 is 2.62 bits per heavy atom. The highest BCUT2D eigenvalue weighted by Crippen LogP contribution is 2.34. The number of aliphatic imine (C=N–C) groups is 1. The van der Waals surface area contributed by atoms with E-state index in [1.807, 2.05) is 19.2 Å². The van der Waals surface area contributed by atoms with Crippen molar-refractivity contribution < 1.29 is 19.4 Å². The van der Waals surface area contributed by atoms with Gasteiger partial charge in [0.15, 0.2) is 11.3 Å². The van der Waals surface area contributed by atoms with Crippen molar-refractivity contribution in [3.8, 4) is 5.75 Å². The fraction of sp³-hybridized carbons (Fsp3) is 0.300. The van der Waals surface area contributed by atoms with Gasteiger partial charge >= 0.3 is 5.97 Å². The summed E-state index contributed by atoms with van der Waals surface area (Å²) in [6.07, 6.45) is 1.29. The average Bonchev–Trinajstić information content (AvgIpc) is 3.23. The number of likely N-dealkylation sites (N-methyl/N-ethyl adjacent to an activating group) is 1. The van der Waals surface area contributed by atoms with Gasteiger partial charge in [0.05, 0.1) is 10.6 Å². The molecule has 1 atom stereocenters. The number of rotatable bonds is 7. The number of hydrogen-bond donors (Lipinski definition) is 1. The normalized spacial score (nSPS) is 17.9. The van der Waals surface area contributed by atoms with Gasteiger partial charge in [-0.3, -0.25) is 9.69 Å². The summed E-state index contributed by atoms with van der Waals surface area (Å²) in [5.74, 6) is -0.612. The zero-order valence-electron chi connectivity index (χ0n) is 16.3. The van der Waals surface area contributed by atoms with Crippen LogP contribution in [0.4, 0.5) is 5.13 Å². The number of aryl methyl sites for hydroxylation is 1. The van der Waals surface area contributed by atoms with Gasteiger partial charge in [0.1, 0.15) is 5.75 Å². The molecule has 3 rings (SSSR count). The Labute approximate surface area is 177 Å². The smallest absolute Gasteiger partial charge is 0.344 e. The maximum atomic E-state index is 12.7. The molecule has 1 aliphatic rings. The van der Waals surface area contributed by atoms with E-state index in [0.717, 1.165) is 11.3 Å². The Morgan fingerprint density at radius 1 is 1.34 bits per heavy atom. The summed E-state index contributed by atoms with van der Waals surface area (Å²) < 4.78 is 5.47. The molecular weight excluding hydrogens is 410 g/mol. The summed E-state index contributed by atoms with van der Waals surface area (Å²) in [6.45, 7) is 6.09. The molecule has 0 bridgehead atoms. The number of aromatic nitrogens is 1. The van der Waals surface area contributed by atoms with Gasteiger partial charge < -0.3 is 9.84 Å². The van der Waals surface area contributed by atoms with Gasteiger partial charge in [-0.2, -0.15) is 4.99 Å². The first-order valence-corrected chi connectivity index (χ1v) is 10.8. The molecule has 29 heavy (non-hydrogen) atoms. The molecular formula is C20H21N3O4S2. The molecule has 1 aromatic heterocycles. The minimum absolute atomic E-state index is 0.0956. The fourth-order valence-electron chi connectivity index (χ4n) is 2.61. The van der Waals surface area contributed by atoms with Crippen LogP contribution in [-0.4, -0.2) is 44.7 Å². The van der Waals surface area contributed by atoms with Crippen molar-refractivity contribution >= 4 is 51.4 Å². The van der Waals surface area contributed by atoms with Gasteiger partial charge in [0, 0.05) is 11.9 Å². The van der Waals surface area contributed by atoms with E-state index in [-0.39, 0.29) is 5.91 Å². The molecule has 2 heterocycles. The zero-order chi connectivity index (χ0) is 21.0.